The van der Waals surface area contributed by atoms with Gasteiger partial charge in [-0.2, -0.15) is 5.26 Å². The number of benzene rings is 1. The Labute approximate surface area is 99.9 Å². The summed E-state index contributed by atoms with van der Waals surface area (Å²) in [5, 5.41) is 8.79. The third-order valence-electron chi connectivity index (χ3n) is 2.82. The number of aryl methyl sites for hydroxylation is 2. The zero-order chi connectivity index (χ0) is 12.4. The highest BCUT2D eigenvalue weighted by atomic mass is 19.1. The molecule has 0 aliphatic carbocycles. The minimum atomic E-state index is -0.304. The number of hydrogen-bond donors (Lipinski definition) is 0. The van der Waals surface area contributed by atoms with E-state index in [0.29, 0.717) is 0 Å². The molecule has 2 aromatic rings. The van der Waals surface area contributed by atoms with Crippen molar-refractivity contribution >= 4 is 0 Å². The fourth-order valence-corrected chi connectivity index (χ4v) is 2.05. The average Bonchev–Trinajstić information content (AvgIpc) is 2.61. The van der Waals surface area contributed by atoms with Crippen molar-refractivity contribution in [2.45, 2.75) is 20.3 Å². The molecule has 0 bridgehead atoms. The fraction of sp³-hybridized carbons (Fsp3) is 0.214. The van der Waals surface area contributed by atoms with E-state index >= 15 is 0 Å². The predicted octanol–water partition coefficient (Wildman–Crippen LogP) is 3.30. The molecule has 17 heavy (non-hydrogen) atoms. The van der Waals surface area contributed by atoms with Crippen molar-refractivity contribution in [2.24, 2.45) is 0 Å². The van der Waals surface area contributed by atoms with Crippen molar-refractivity contribution in [1.29, 1.82) is 5.26 Å². The summed E-state index contributed by atoms with van der Waals surface area (Å²) in [5.74, 6) is -0.304. The van der Waals surface area contributed by atoms with Crippen LogP contribution in [-0.2, 0) is 6.42 Å². The molecule has 1 aromatic carbocycles. The first-order chi connectivity index (χ1) is 8.13. The summed E-state index contributed by atoms with van der Waals surface area (Å²) in [5.41, 5.74) is 3.75. The van der Waals surface area contributed by atoms with Crippen molar-refractivity contribution in [3.8, 4) is 11.8 Å². The van der Waals surface area contributed by atoms with Crippen LogP contribution in [0.5, 0.6) is 0 Å². The fourth-order valence-electron chi connectivity index (χ4n) is 2.05. The number of aromatic nitrogens is 1. The van der Waals surface area contributed by atoms with Crippen molar-refractivity contribution in [1.82, 2.24) is 4.57 Å². The Morgan fingerprint density at radius 1 is 1.18 bits per heavy atom. The number of nitriles is 1. The molecule has 0 radical (unpaired) electrons. The molecule has 3 heteroatoms. The van der Waals surface area contributed by atoms with E-state index in [0.717, 1.165) is 22.6 Å². The molecule has 2 nitrogen and oxygen atoms in total. The molecule has 0 saturated carbocycles. The number of hydrogen-bond acceptors (Lipinski definition) is 1. The first-order valence-electron chi connectivity index (χ1n) is 5.44. The standard InChI is InChI=1S/C14H13FN2/c1-10-3-4-11(2)17(10)14-6-5-13(15)9-12(14)7-8-16/h3-6,9H,7H2,1-2H3. The number of rotatable bonds is 2. The van der Waals surface area contributed by atoms with Crippen LogP contribution in [0.1, 0.15) is 17.0 Å². The highest BCUT2D eigenvalue weighted by molar-refractivity contribution is 5.46. The van der Waals surface area contributed by atoms with Crippen LogP contribution in [0.3, 0.4) is 0 Å². The van der Waals surface area contributed by atoms with Crippen molar-refractivity contribution in [3.05, 3.63) is 53.1 Å². The van der Waals surface area contributed by atoms with Crippen LogP contribution in [0.2, 0.25) is 0 Å². The Kier molecular flexibility index (Phi) is 2.97. The molecule has 0 saturated heterocycles. The first-order valence-corrected chi connectivity index (χ1v) is 5.44. The summed E-state index contributed by atoms with van der Waals surface area (Å²) in [6, 6.07) is 10.7. The molecular formula is C14H13FN2. The minimum absolute atomic E-state index is 0.212. The number of nitrogens with zero attached hydrogens (tertiary/aromatic N) is 2. The number of halogens is 1. The lowest BCUT2D eigenvalue weighted by Crippen LogP contribution is -2.03. The van der Waals surface area contributed by atoms with E-state index < -0.39 is 0 Å². The Morgan fingerprint density at radius 2 is 1.82 bits per heavy atom. The Bertz CT molecular complexity index is 571. The minimum Gasteiger partial charge on any atom is -0.318 e. The second-order valence-electron chi connectivity index (χ2n) is 4.06. The van der Waals surface area contributed by atoms with Gasteiger partial charge in [-0.3, -0.25) is 0 Å². The topological polar surface area (TPSA) is 28.7 Å². The van der Waals surface area contributed by atoms with E-state index in [9.17, 15) is 4.39 Å². The van der Waals surface area contributed by atoms with E-state index in [2.05, 4.69) is 6.07 Å². The second kappa shape index (κ2) is 4.42. The maximum absolute atomic E-state index is 13.2. The average molecular weight is 228 g/mol. The smallest absolute Gasteiger partial charge is 0.123 e. The van der Waals surface area contributed by atoms with Gasteiger partial charge < -0.3 is 4.57 Å². The monoisotopic (exact) mass is 228 g/mol. The molecular weight excluding hydrogens is 215 g/mol. The molecule has 2 rings (SSSR count). The van der Waals surface area contributed by atoms with Gasteiger partial charge in [-0.05, 0) is 49.7 Å². The summed E-state index contributed by atoms with van der Waals surface area (Å²) in [7, 11) is 0. The third-order valence-corrected chi connectivity index (χ3v) is 2.82. The highest BCUT2D eigenvalue weighted by Gasteiger charge is 2.09. The van der Waals surface area contributed by atoms with Gasteiger partial charge >= 0.3 is 0 Å². The summed E-state index contributed by atoms with van der Waals surface area (Å²) in [6.45, 7) is 3.99. The van der Waals surface area contributed by atoms with Gasteiger partial charge in [0.15, 0.2) is 0 Å². The van der Waals surface area contributed by atoms with Gasteiger partial charge in [0.25, 0.3) is 0 Å². The zero-order valence-electron chi connectivity index (χ0n) is 9.87. The normalized spacial score (nSPS) is 10.2. The van der Waals surface area contributed by atoms with Gasteiger partial charge in [-0.1, -0.05) is 0 Å². The predicted molar refractivity (Wildman–Crippen MR) is 64.5 cm³/mol. The van der Waals surface area contributed by atoms with Gasteiger partial charge in [-0.25, -0.2) is 4.39 Å². The molecule has 0 unspecified atom stereocenters. The van der Waals surface area contributed by atoms with Crippen LogP contribution in [0, 0.1) is 31.0 Å². The summed E-state index contributed by atoms with van der Waals surface area (Å²) < 4.78 is 15.2. The molecule has 0 atom stereocenters. The van der Waals surface area contributed by atoms with E-state index in [1.165, 1.54) is 12.1 Å². The molecule has 86 valence electrons. The Hall–Kier alpha value is -2.08. The maximum atomic E-state index is 13.2. The van der Waals surface area contributed by atoms with Gasteiger partial charge in [0.1, 0.15) is 5.82 Å². The molecule has 0 N–H and O–H groups in total. The molecule has 0 aliphatic heterocycles. The molecule has 0 spiro atoms. The molecule has 0 aliphatic rings. The van der Waals surface area contributed by atoms with Crippen LogP contribution in [0.15, 0.2) is 30.3 Å². The van der Waals surface area contributed by atoms with Crippen LogP contribution in [0.25, 0.3) is 5.69 Å². The lowest BCUT2D eigenvalue weighted by Gasteiger charge is -2.13. The lowest BCUT2D eigenvalue weighted by molar-refractivity contribution is 0.625. The molecule has 0 amide bonds. The summed E-state index contributed by atoms with van der Waals surface area (Å²) >= 11 is 0. The van der Waals surface area contributed by atoms with E-state index in [4.69, 9.17) is 5.26 Å². The third kappa shape index (κ3) is 2.07. The van der Waals surface area contributed by atoms with Crippen LogP contribution in [0.4, 0.5) is 4.39 Å². The largest absolute Gasteiger partial charge is 0.318 e. The van der Waals surface area contributed by atoms with Crippen LogP contribution in [-0.4, -0.2) is 4.57 Å². The van der Waals surface area contributed by atoms with Gasteiger partial charge in [0.05, 0.1) is 12.5 Å². The SMILES string of the molecule is Cc1ccc(C)n1-c1ccc(F)cc1CC#N. The van der Waals surface area contributed by atoms with Gasteiger partial charge in [0.2, 0.25) is 0 Å². The quantitative estimate of drug-likeness (QED) is 0.775. The highest BCUT2D eigenvalue weighted by Crippen LogP contribution is 2.21. The Morgan fingerprint density at radius 3 is 2.41 bits per heavy atom. The van der Waals surface area contributed by atoms with Crippen molar-refractivity contribution < 1.29 is 4.39 Å². The Balaban J connectivity index is 2.63. The van der Waals surface area contributed by atoms with Gasteiger partial charge in [0, 0.05) is 17.1 Å². The van der Waals surface area contributed by atoms with E-state index in [-0.39, 0.29) is 12.2 Å². The van der Waals surface area contributed by atoms with E-state index in [1.807, 2.05) is 30.5 Å². The van der Waals surface area contributed by atoms with Crippen LogP contribution >= 0.6 is 0 Å². The van der Waals surface area contributed by atoms with Gasteiger partial charge in [-0.15, -0.1) is 0 Å². The van der Waals surface area contributed by atoms with Crippen LogP contribution < -0.4 is 0 Å². The van der Waals surface area contributed by atoms with Crippen molar-refractivity contribution in [3.63, 3.8) is 0 Å². The second-order valence-corrected chi connectivity index (χ2v) is 4.06. The zero-order valence-corrected chi connectivity index (χ0v) is 9.87. The summed E-state index contributed by atoms with van der Waals surface area (Å²) in [6.07, 6.45) is 0.212. The molecule has 1 aromatic heterocycles. The maximum Gasteiger partial charge on any atom is 0.123 e. The first kappa shape index (κ1) is 11.4. The van der Waals surface area contributed by atoms with Crippen molar-refractivity contribution in [2.75, 3.05) is 0 Å². The molecule has 1 heterocycles. The summed E-state index contributed by atoms with van der Waals surface area (Å²) in [4.78, 5) is 0. The lowest BCUT2D eigenvalue weighted by atomic mass is 10.1. The molecule has 0 fully saturated rings. The van der Waals surface area contributed by atoms with E-state index in [1.54, 1.807) is 6.07 Å².